The molecule has 4 nitrogen and oxygen atoms in total. The molecule has 1 aliphatic carbocycles. The van der Waals surface area contributed by atoms with Crippen molar-refractivity contribution in [3.63, 3.8) is 0 Å². The Bertz CT molecular complexity index is 425. The minimum absolute atomic E-state index is 0.330. The van der Waals surface area contributed by atoms with Gasteiger partial charge in [-0.1, -0.05) is 19.8 Å². The van der Waals surface area contributed by atoms with Gasteiger partial charge in [-0.15, -0.1) is 11.3 Å². The van der Waals surface area contributed by atoms with E-state index in [2.05, 4.69) is 17.2 Å². The first kappa shape index (κ1) is 14.3. The van der Waals surface area contributed by atoms with Crippen LogP contribution in [0.3, 0.4) is 0 Å². The number of nitrogens with one attached hydrogen (secondary N) is 1. The van der Waals surface area contributed by atoms with Crippen LogP contribution < -0.4 is 5.32 Å². The maximum absolute atomic E-state index is 11.8. The molecule has 19 heavy (non-hydrogen) atoms. The highest BCUT2D eigenvalue weighted by Crippen LogP contribution is 2.41. The summed E-state index contributed by atoms with van der Waals surface area (Å²) in [6.45, 7) is 5.38. The fraction of sp³-hybridized carbons (Fsp3) is 0.714. The van der Waals surface area contributed by atoms with Gasteiger partial charge in [-0.25, -0.2) is 9.78 Å². The van der Waals surface area contributed by atoms with Crippen LogP contribution in [-0.4, -0.2) is 24.1 Å². The molecule has 1 heterocycles. The van der Waals surface area contributed by atoms with Crippen LogP contribution in [0.1, 0.15) is 56.4 Å². The van der Waals surface area contributed by atoms with E-state index in [0.717, 1.165) is 11.5 Å². The number of nitrogens with zero attached hydrogens (tertiary/aromatic N) is 1. The molecular formula is C14H22N2O2S. The van der Waals surface area contributed by atoms with Crippen LogP contribution in [-0.2, 0) is 4.74 Å². The SMILES string of the molecule is CCOC(=O)c1ncsc1NCC1(CC)CCCC1. The zero-order valence-electron chi connectivity index (χ0n) is 11.7. The van der Waals surface area contributed by atoms with Crippen molar-refractivity contribution >= 4 is 22.3 Å². The lowest BCUT2D eigenvalue weighted by Crippen LogP contribution is -2.26. The molecule has 2 rings (SSSR count). The zero-order chi connectivity index (χ0) is 13.7. The number of rotatable bonds is 6. The van der Waals surface area contributed by atoms with Gasteiger partial charge in [0.05, 0.1) is 12.1 Å². The molecular weight excluding hydrogens is 260 g/mol. The normalized spacial score (nSPS) is 17.4. The van der Waals surface area contributed by atoms with Gasteiger partial charge in [0, 0.05) is 6.54 Å². The molecule has 106 valence electrons. The van der Waals surface area contributed by atoms with Crippen LogP contribution in [0.5, 0.6) is 0 Å². The lowest BCUT2D eigenvalue weighted by atomic mass is 9.83. The van der Waals surface area contributed by atoms with Gasteiger partial charge in [-0.2, -0.15) is 0 Å². The van der Waals surface area contributed by atoms with E-state index in [9.17, 15) is 4.79 Å². The summed E-state index contributed by atoms with van der Waals surface area (Å²) < 4.78 is 5.02. The molecule has 0 bridgehead atoms. The molecule has 1 saturated carbocycles. The van der Waals surface area contributed by atoms with Crippen molar-refractivity contribution in [2.75, 3.05) is 18.5 Å². The molecule has 5 heteroatoms. The first-order valence-corrected chi connectivity index (χ1v) is 7.93. The standard InChI is InChI=1S/C14H22N2O2S/c1-3-14(7-5-6-8-14)9-15-12-11(16-10-19-12)13(17)18-4-2/h10,15H,3-9H2,1-2H3. The zero-order valence-corrected chi connectivity index (χ0v) is 12.5. The summed E-state index contributed by atoms with van der Waals surface area (Å²) in [5.41, 5.74) is 2.52. The van der Waals surface area contributed by atoms with E-state index in [-0.39, 0.29) is 5.97 Å². The molecule has 1 N–H and O–H groups in total. The fourth-order valence-corrected chi connectivity index (χ4v) is 3.43. The largest absolute Gasteiger partial charge is 0.461 e. The summed E-state index contributed by atoms with van der Waals surface area (Å²) in [5.74, 6) is -0.330. The van der Waals surface area contributed by atoms with Crippen molar-refractivity contribution < 1.29 is 9.53 Å². The van der Waals surface area contributed by atoms with Gasteiger partial charge in [0.1, 0.15) is 5.00 Å². The van der Waals surface area contributed by atoms with E-state index in [4.69, 9.17) is 4.74 Å². The van der Waals surface area contributed by atoms with Gasteiger partial charge >= 0.3 is 5.97 Å². The van der Waals surface area contributed by atoms with Crippen molar-refractivity contribution in [2.45, 2.75) is 46.0 Å². The highest BCUT2D eigenvalue weighted by Gasteiger charge is 2.32. The molecule has 0 saturated heterocycles. The summed E-state index contributed by atoms with van der Waals surface area (Å²) in [6.07, 6.45) is 6.40. The molecule has 1 fully saturated rings. The molecule has 0 aromatic carbocycles. The van der Waals surface area contributed by atoms with Crippen LogP contribution in [0, 0.1) is 5.41 Å². The number of carbonyl (C=O) groups excluding carboxylic acids is 1. The third-order valence-corrected chi connectivity index (χ3v) is 4.86. The minimum Gasteiger partial charge on any atom is -0.461 e. The Morgan fingerprint density at radius 2 is 2.21 bits per heavy atom. The minimum atomic E-state index is -0.330. The number of hydrogen-bond acceptors (Lipinski definition) is 5. The van der Waals surface area contributed by atoms with Gasteiger partial charge < -0.3 is 10.1 Å². The molecule has 1 aromatic heterocycles. The van der Waals surface area contributed by atoms with Crippen LogP contribution in [0.15, 0.2) is 5.51 Å². The Morgan fingerprint density at radius 1 is 1.47 bits per heavy atom. The smallest absolute Gasteiger partial charge is 0.360 e. The molecule has 0 radical (unpaired) electrons. The van der Waals surface area contributed by atoms with Crippen LogP contribution in [0.2, 0.25) is 0 Å². The van der Waals surface area contributed by atoms with Gasteiger partial charge in [0.25, 0.3) is 0 Å². The molecule has 1 aliphatic rings. The van der Waals surface area contributed by atoms with E-state index < -0.39 is 0 Å². The van der Waals surface area contributed by atoms with Crippen LogP contribution >= 0.6 is 11.3 Å². The molecule has 0 aliphatic heterocycles. The summed E-state index contributed by atoms with van der Waals surface area (Å²) in [7, 11) is 0. The van der Waals surface area contributed by atoms with E-state index in [1.165, 1.54) is 43.4 Å². The summed E-state index contributed by atoms with van der Waals surface area (Å²) >= 11 is 1.47. The third-order valence-electron chi connectivity index (χ3n) is 4.07. The number of carbonyl (C=O) groups is 1. The predicted molar refractivity (Wildman–Crippen MR) is 77.8 cm³/mol. The van der Waals surface area contributed by atoms with Gasteiger partial charge in [0.2, 0.25) is 0 Å². The van der Waals surface area contributed by atoms with Crippen molar-refractivity contribution in [2.24, 2.45) is 5.41 Å². The number of thiazole rings is 1. The van der Waals surface area contributed by atoms with Crippen molar-refractivity contribution in [3.05, 3.63) is 11.2 Å². The second-order valence-corrected chi connectivity index (χ2v) is 6.02. The van der Waals surface area contributed by atoms with Crippen LogP contribution in [0.25, 0.3) is 0 Å². The highest BCUT2D eigenvalue weighted by molar-refractivity contribution is 7.14. The van der Waals surface area contributed by atoms with E-state index in [1.54, 1.807) is 5.51 Å². The van der Waals surface area contributed by atoms with Crippen LogP contribution in [0.4, 0.5) is 5.00 Å². The number of ether oxygens (including phenoxy) is 1. The second kappa shape index (κ2) is 6.37. The summed E-state index contributed by atoms with van der Waals surface area (Å²) in [5, 5.41) is 4.27. The Labute approximate surface area is 118 Å². The Morgan fingerprint density at radius 3 is 2.84 bits per heavy atom. The Balaban J connectivity index is 2.00. The monoisotopic (exact) mass is 282 g/mol. The van der Waals surface area contributed by atoms with Gasteiger partial charge in [-0.05, 0) is 31.6 Å². The lowest BCUT2D eigenvalue weighted by Gasteiger charge is -2.27. The molecule has 1 aromatic rings. The van der Waals surface area contributed by atoms with Gasteiger partial charge in [-0.3, -0.25) is 0 Å². The van der Waals surface area contributed by atoms with Crippen molar-refractivity contribution in [1.29, 1.82) is 0 Å². The number of hydrogen-bond donors (Lipinski definition) is 1. The maximum Gasteiger partial charge on any atom is 0.360 e. The van der Waals surface area contributed by atoms with E-state index in [1.807, 2.05) is 6.92 Å². The third kappa shape index (κ3) is 3.26. The number of anilines is 1. The second-order valence-electron chi connectivity index (χ2n) is 5.16. The average molecular weight is 282 g/mol. The molecule has 0 spiro atoms. The van der Waals surface area contributed by atoms with Crippen molar-refractivity contribution in [3.8, 4) is 0 Å². The lowest BCUT2D eigenvalue weighted by molar-refractivity contribution is 0.0521. The first-order valence-electron chi connectivity index (χ1n) is 7.05. The Kier molecular flexibility index (Phi) is 4.80. The summed E-state index contributed by atoms with van der Waals surface area (Å²) in [6, 6.07) is 0. The fourth-order valence-electron chi connectivity index (χ4n) is 2.76. The molecule has 0 unspecified atom stereocenters. The average Bonchev–Trinajstić information content (AvgIpc) is 3.06. The quantitative estimate of drug-likeness (QED) is 0.808. The maximum atomic E-state index is 11.8. The molecule has 0 amide bonds. The van der Waals surface area contributed by atoms with E-state index in [0.29, 0.717) is 17.7 Å². The topological polar surface area (TPSA) is 51.2 Å². The van der Waals surface area contributed by atoms with Gasteiger partial charge in [0.15, 0.2) is 5.69 Å². The van der Waals surface area contributed by atoms with Crippen molar-refractivity contribution in [1.82, 2.24) is 4.98 Å². The Hall–Kier alpha value is -1.10. The highest BCUT2D eigenvalue weighted by atomic mass is 32.1. The number of esters is 1. The molecule has 0 atom stereocenters. The van der Waals surface area contributed by atoms with E-state index >= 15 is 0 Å². The summed E-state index contributed by atoms with van der Waals surface area (Å²) in [4.78, 5) is 15.9. The predicted octanol–water partition coefficient (Wildman–Crippen LogP) is 3.70. The first-order chi connectivity index (χ1) is 9.21. The number of aromatic nitrogens is 1.